The smallest absolute Gasteiger partial charge is 0.245 e. The number of carbonyl (C=O) groups is 1. The number of nitrogens with zero attached hydrogens (tertiary/aromatic N) is 1. The summed E-state index contributed by atoms with van der Waals surface area (Å²) in [7, 11) is 1.79. The second-order valence-corrected chi connectivity index (χ2v) is 8.18. The molecule has 0 bridgehead atoms. The first kappa shape index (κ1) is 12.0. The topological polar surface area (TPSA) is 20.3 Å². The highest BCUT2D eigenvalue weighted by Crippen LogP contribution is 2.54. The molecule has 0 unspecified atom stereocenters. The Balaban J connectivity index is 2.02. The van der Waals surface area contributed by atoms with E-state index in [1.165, 1.54) is 4.88 Å². The van der Waals surface area contributed by atoms with Gasteiger partial charge in [0.05, 0.1) is 0 Å². The first-order chi connectivity index (χ1) is 8.15. The van der Waals surface area contributed by atoms with E-state index in [4.69, 9.17) is 12.2 Å². The van der Waals surface area contributed by atoms with Crippen molar-refractivity contribution in [2.24, 2.45) is 0 Å². The number of hydrogen-bond donors (Lipinski definition) is 0. The predicted molar refractivity (Wildman–Crippen MR) is 80.1 cm³/mol. The van der Waals surface area contributed by atoms with Gasteiger partial charge in [-0.3, -0.25) is 9.69 Å². The van der Waals surface area contributed by atoms with E-state index < -0.39 is 0 Å². The lowest BCUT2D eigenvalue weighted by Crippen LogP contribution is -2.41. The SMILES string of the molecule is CN1C(=O)[C@]2(CSC[C@@H]2c2cccs2)SC1=S. The molecule has 2 aliphatic rings. The summed E-state index contributed by atoms with van der Waals surface area (Å²) in [6.45, 7) is 0. The van der Waals surface area contributed by atoms with Crippen molar-refractivity contribution in [3.63, 3.8) is 0 Å². The number of hydrogen-bond acceptors (Lipinski definition) is 5. The summed E-state index contributed by atoms with van der Waals surface area (Å²) in [5, 5.41) is 2.08. The highest BCUT2D eigenvalue weighted by molar-refractivity contribution is 8.25. The van der Waals surface area contributed by atoms with Gasteiger partial charge in [0, 0.05) is 29.3 Å². The van der Waals surface area contributed by atoms with Crippen LogP contribution in [-0.2, 0) is 4.79 Å². The van der Waals surface area contributed by atoms with Crippen LogP contribution in [0.2, 0.25) is 0 Å². The van der Waals surface area contributed by atoms with E-state index >= 15 is 0 Å². The summed E-state index contributed by atoms with van der Waals surface area (Å²) in [5.41, 5.74) is 0. The molecule has 1 aromatic heterocycles. The van der Waals surface area contributed by atoms with Gasteiger partial charge in [-0.05, 0) is 11.4 Å². The molecule has 2 nitrogen and oxygen atoms in total. The van der Waals surface area contributed by atoms with Crippen molar-refractivity contribution >= 4 is 57.3 Å². The Kier molecular flexibility index (Phi) is 3.01. The van der Waals surface area contributed by atoms with Crippen LogP contribution in [0, 0.1) is 0 Å². The fourth-order valence-corrected chi connectivity index (χ4v) is 7.09. The Labute approximate surface area is 118 Å². The molecule has 2 fully saturated rings. The fraction of sp³-hybridized carbons (Fsp3) is 0.455. The third-order valence-electron chi connectivity index (χ3n) is 3.26. The van der Waals surface area contributed by atoms with Gasteiger partial charge in [0.1, 0.15) is 9.07 Å². The standard InChI is InChI=1S/C11H11NOS4/c1-12-9(13)11(17-10(12)14)6-15-5-7(11)8-3-2-4-16-8/h2-4,7H,5-6H2,1H3/t7-,11-/m1/s1. The lowest BCUT2D eigenvalue weighted by atomic mass is 9.92. The van der Waals surface area contributed by atoms with E-state index in [2.05, 4.69) is 17.5 Å². The molecule has 3 heterocycles. The molecule has 0 radical (unpaired) electrons. The Morgan fingerprint density at radius 2 is 2.41 bits per heavy atom. The summed E-state index contributed by atoms with van der Waals surface area (Å²) in [5.74, 6) is 2.41. The molecule has 2 atom stereocenters. The van der Waals surface area contributed by atoms with Crippen molar-refractivity contribution in [2.75, 3.05) is 18.6 Å². The zero-order valence-corrected chi connectivity index (χ0v) is 12.5. The maximum atomic E-state index is 12.5. The molecule has 1 amide bonds. The largest absolute Gasteiger partial charge is 0.300 e. The molecule has 0 saturated carbocycles. The van der Waals surface area contributed by atoms with Gasteiger partial charge in [-0.15, -0.1) is 11.3 Å². The van der Waals surface area contributed by atoms with Gasteiger partial charge in [0.15, 0.2) is 0 Å². The van der Waals surface area contributed by atoms with Crippen LogP contribution >= 0.6 is 47.1 Å². The summed E-state index contributed by atoms with van der Waals surface area (Å²) in [6.07, 6.45) is 0. The van der Waals surface area contributed by atoms with Gasteiger partial charge in [-0.1, -0.05) is 30.0 Å². The van der Waals surface area contributed by atoms with E-state index in [9.17, 15) is 4.79 Å². The van der Waals surface area contributed by atoms with Crippen LogP contribution in [0.1, 0.15) is 10.8 Å². The van der Waals surface area contributed by atoms with Gasteiger partial charge in [-0.2, -0.15) is 11.8 Å². The van der Waals surface area contributed by atoms with Gasteiger partial charge >= 0.3 is 0 Å². The second kappa shape index (κ2) is 4.26. The normalized spacial score (nSPS) is 33.0. The van der Waals surface area contributed by atoms with E-state index in [-0.39, 0.29) is 10.7 Å². The van der Waals surface area contributed by atoms with Crippen LogP contribution in [0.4, 0.5) is 0 Å². The quantitative estimate of drug-likeness (QED) is 0.743. The van der Waals surface area contributed by atoms with Crippen molar-refractivity contribution < 1.29 is 4.79 Å². The van der Waals surface area contributed by atoms with Crippen LogP contribution in [-0.4, -0.2) is 38.4 Å². The Morgan fingerprint density at radius 3 is 3.00 bits per heavy atom. The molecule has 17 heavy (non-hydrogen) atoms. The monoisotopic (exact) mass is 301 g/mol. The summed E-state index contributed by atoms with van der Waals surface area (Å²) in [4.78, 5) is 15.4. The molecular weight excluding hydrogens is 290 g/mol. The number of thioether (sulfide) groups is 2. The first-order valence-electron chi connectivity index (χ1n) is 5.27. The minimum absolute atomic E-state index is 0.191. The minimum atomic E-state index is -0.332. The molecular formula is C11H11NOS4. The highest BCUT2D eigenvalue weighted by atomic mass is 32.2. The minimum Gasteiger partial charge on any atom is -0.300 e. The van der Waals surface area contributed by atoms with Crippen molar-refractivity contribution in [1.29, 1.82) is 0 Å². The van der Waals surface area contributed by atoms with Crippen molar-refractivity contribution in [3.8, 4) is 0 Å². The maximum Gasteiger partial charge on any atom is 0.245 e. The summed E-state index contributed by atoms with van der Waals surface area (Å²) in [6, 6.07) is 4.20. The Bertz CT molecular complexity index is 472. The van der Waals surface area contributed by atoms with Crippen LogP contribution in [0.3, 0.4) is 0 Å². The second-order valence-electron chi connectivity index (χ2n) is 4.20. The predicted octanol–water partition coefficient (Wildman–Crippen LogP) is 2.81. The molecule has 1 spiro atoms. The number of thiophene rings is 1. The summed E-state index contributed by atoms with van der Waals surface area (Å²) < 4.78 is 0.389. The third-order valence-corrected chi connectivity index (χ3v) is 7.60. The summed E-state index contributed by atoms with van der Waals surface area (Å²) >= 11 is 10.5. The zero-order chi connectivity index (χ0) is 12.0. The molecule has 0 aliphatic carbocycles. The van der Waals surface area contributed by atoms with Crippen LogP contribution in [0.25, 0.3) is 0 Å². The van der Waals surface area contributed by atoms with Gasteiger partial charge in [-0.25, -0.2) is 0 Å². The van der Waals surface area contributed by atoms with E-state index in [0.29, 0.717) is 5.92 Å². The Morgan fingerprint density at radius 1 is 1.59 bits per heavy atom. The highest BCUT2D eigenvalue weighted by Gasteiger charge is 2.57. The van der Waals surface area contributed by atoms with Gasteiger partial charge < -0.3 is 0 Å². The maximum absolute atomic E-state index is 12.5. The van der Waals surface area contributed by atoms with Gasteiger partial charge in [0.2, 0.25) is 5.91 Å². The number of carbonyl (C=O) groups excluding carboxylic acids is 1. The van der Waals surface area contributed by atoms with Gasteiger partial charge in [0.25, 0.3) is 0 Å². The van der Waals surface area contributed by atoms with Crippen LogP contribution < -0.4 is 0 Å². The number of rotatable bonds is 1. The van der Waals surface area contributed by atoms with Crippen LogP contribution in [0.15, 0.2) is 17.5 Å². The molecule has 0 N–H and O–H groups in total. The molecule has 1 aromatic rings. The molecule has 2 saturated heterocycles. The number of thiocarbonyl (C=S) groups is 1. The lowest BCUT2D eigenvalue weighted by Gasteiger charge is -2.25. The third kappa shape index (κ3) is 1.69. The van der Waals surface area contributed by atoms with Crippen molar-refractivity contribution in [3.05, 3.63) is 22.4 Å². The average Bonchev–Trinajstić information content (AvgIpc) is 2.98. The fourth-order valence-electron chi connectivity index (χ4n) is 2.31. The molecule has 3 rings (SSSR count). The first-order valence-corrected chi connectivity index (χ1v) is 8.53. The molecule has 2 aliphatic heterocycles. The van der Waals surface area contributed by atoms with Crippen molar-refractivity contribution in [1.82, 2.24) is 4.90 Å². The van der Waals surface area contributed by atoms with E-state index in [1.54, 1.807) is 35.0 Å². The van der Waals surface area contributed by atoms with E-state index in [1.807, 2.05) is 11.8 Å². The van der Waals surface area contributed by atoms with Crippen LogP contribution in [0.5, 0.6) is 0 Å². The zero-order valence-electron chi connectivity index (χ0n) is 9.21. The molecule has 0 aromatic carbocycles. The molecule has 6 heteroatoms. The lowest BCUT2D eigenvalue weighted by molar-refractivity contribution is -0.127. The Hall–Kier alpha value is -0.0400. The van der Waals surface area contributed by atoms with E-state index in [0.717, 1.165) is 15.8 Å². The number of amides is 1. The van der Waals surface area contributed by atoms with Crippen molar-refractivity contribution in [2.45, 2.75) is 10.7 Å². The molecule has 90 valence electrons. The average molecular weight is 301 g/mol.